The predicted octanol–water partition coefficient (Wildman–Crippen LogP) is 0.293. The van der Waals surface area contributed by atoms with Gasteiger partial charge in [-0.1, -0.05) is 13.8 Å². The summed E-state index contributed by atoms with van der Waals surface area (Å²) in [4.78, 5) is 23.7. The van der Waals surface area contributed by atoms with Gasteiger partial charge in [-0.15, -0.1) is 0 Å². The summed E-state index contributed by atoms with van der Waals surface area (Å²) < 4.78 is 0. The van der Waals surface area contributed by atoms with Crippen LogP contribution in [0.4, 0.5) is 0 Å². The quantitative estimate of drug-likeness (QED) is 0.668. The molecule has 0 heterocycles. The van der Waals surface area contributed by atoms with Crippen molar-refractivity contribution in [2.45, 2.75) is 33.2 Å². The van der Waals surface area contributed by atoms with Crippen molar-refractivity contribution in [3.8, 4) is 0 Å². The predicted molar refractivity (Wildman–Crippen MR) is 57.3 cm³/mol. The summed E-state index contributed by atoms with van der Waals surface area (Å²) in [5, 5.41) is 8.52. The maximum absolute atomic E-state index is 11.7. The summed E-state index contributed by atoms with van der Waals surface area (Å²) in [6, 6.07) is -0.929. The van der Waals surface area contributed by atoms with Crippen LogP contribution in [0.2, 0.25) is 0 Å². The van der Waals surface area contributed by atoms with Crippen molar-refractivity contribution in [1.29, 1.82) is 0 Å². The van der Waals surface area contributed by atoms with Crippen molar-refractivity contribution in [3.05, 3.63) is 0 Å². The molecule has 0 bridgehead atoms. The molecule has 0 radical (unpaired) electrons. The Labute approximate surface area is 90.2 Å². The third kappa shape index (κ3) is 5.37. The number of rotatable bonds is 6. The molecule has 0 aromatic heterocycles. The highest BCUT2D eigenvalue weighted by atomic mass is 16.4. The highest BCUT2D eigenvalue weighted by Gasteiger charge is 2.22. The normalized spacial score (nSPS) is 12.6. The van der Waals surface area contributed by atoms with Gasteiger partial charge in [0.05, 0.1) is 12.5 Å². The van der Waals surface area contributed by atoms with Crippen LogP contribution in [-0.2, 0) is 9.59 Å². The number of carbonyl (C=O) groups is 2. The number of amides is 1. The molecule has 15 heavy (non-hydrogen) atoms. The van der Waals surface area contributed by atoms with E-state index >= 15 is 0 Å². The lowest BCUT2D eigenvalue weighted by Gasteiger charge is -2.25. The van der Waals surface area contributed by atoms with Gasteiger partial charge in [0.25, 0.3) is 0 Å². The van der Waals surface area contributed by atoms with E-state index in [1.54, 1.807) is 4.90 Å². The number of aliphatic carboxylic acids is 1. The lowest BCUT2D eigenvalue weighted by Crippen LogP contribution is -2.46. The van der Waals surface area contributed by atoms with Gasteiger partial charge in [0.1, 0.15) is 0 Å². The van der Waals surface area contributed by atoms with E-state index in [9.17, 15) is 9.59 Å². The second-order valence-electron chi connectivity index (χ2n) is 3.98. The molecule has 0 rings (SSSR count). The third-order valence-electron chi connectivity index (χ3n) is 1.99. The standard InChI is InChI=1S/C10H20N2O3/c1-4-12(6-7(2)3)10(15)8(11)5-9(13)14/h7-8H,4-6,11H2,1-3H3,(H,13,14). The van der Waals surface area contributed by atoms with Crippen molar-refractivity contribution in [1.82, 2.24) is 4.90 Å². The molecule has 5 heteroatoms. The molecule has 3 N–H and O–H groups in total. The number of carboxylic acids is 1. The summed E-state index contributed by atoms with van der Waals surface area (Å²) in [5.74, 6) is -0.976. The second kappa shape index (κ2) is 6.40. The molecule has 0 aliphatic heterocycles. The largest absolute Gasteiger partial charge is 0.481 e. The number of nitrogens with two attached hydrogens (primary N) is 1. The molecule has 1 unspecified atom stereocenters. The van der Waals surface area contributed by atoms with E-state index < -0.39 is 12.0 Å². The van der Waals surface area contributed by atoms with Crippen molar-refractivity contribution >= 4 is 11.9 Å². The number of hydrogen-bond donors (Lipinski definition) is 2. The number of nitrogens with zero attached hydrogens (tertiary/aromatic N) is 1. The van der Waals surface area contributed by atoms with Gasteiger partial charge in [-0.05, 0) is 12.8 Å². The molecular formula is C10H20N2O3. The Morgan fingerprint density at radius 1 is 1.40 bits per heavy atom. The fraction of sp³-hybridized carbons (Fsp3) is 0.800. The van der Waals surface area contributed by atoms with E-state index in [2.05, 4.69) is 0 Å². The van der Waals surface area contributed by atoms with Crippen LogP contribution in [0.1, 0.15) is 27.2 Å². The Hall–Kier alpha value is -1.10. The monoisotopic (exact) mass is 216 g/mol. The third-order valence-corrected chi connectivity index (χ3v) is 1.99. The zero-order valence-electron chi connectivity index (χ0n) is 9.56. The number of hydrogen-bond acceptors (Lipinski definition) is 3. The van der Waals surface area contributed by atoms with Crippen molar-refractivity contribution in [2.75, 3.05) is 13.1 Å². The van der Waals surface area contributed by atoms with Crippen LogP contribution < -0.4 is 5.73 Å². The molecule has 0 saturated heterocycles. The summed E-state index contributed by atoms with van der Waals surface area (Å²) in [7, 11) is 0. The van der Waals surface area contributed by atoms with Gasteiger partial charge in [-0.3, -0.25) is 9.59 Å². The maximum atomic E-state index is 11.7. The highest BCUT2D eigenvalue weighted by Crippen LogP contribution is 2.02. The van der Waals surface area contributed by atoms with Crippen LogP contribution in [0.3, 0.4) is 0 Å². The Bertz CT molecular complexity index is 229. The van der Waals surface area contributed by atoms with Crippen LogP contribution in [0, 0.1) is 5.92 Å². The van der Waals surface area contributed by atoms with Crippen molar-refractivity contribution < 1.29 is 14.7 Å². The first-order valence-corrected chi connectivity index (χ1v) is 5.14. The summed E-state index contributed by atoms with van der Waals surface area (Å²) in [6.45, 7) is 7.03. The van der Waals surface area contributed by atoms with E-state index in [1.165, 1.54) is 0 Å². The highest BCUT2D eigenvalue weighted by molar-refractivity contribution is 5.85. The van der Waals surface area contributed by atoms with Crippen LogP contribution in [0.15, 0.2) is 0 Å². The molecular weight excluding hydrogens is 196 g/mol. The molecule has 1 atom stereocenters. The first-order valence-electron chi connectivity index (χ1n) is 5.14. The fourth-order valence-corrected chi connectivity index (χ4v) is 1.33. The van der Waals surface area contributed by atoms with Gasteiger partial charge >= 0.3 is 5.97 Å². The molecule has 0 saturated carbocycles. The first kappa shape index (κ1) is 13.9. The van der Waals surface area contributed by atoms with E-state index in [4.69, 9.17) is 10.8 Å². The molecule has 0 aliphatic carbocycles. The molecule has 88 valence electrons. The van der Waals surface area contributed by atoms with Gasteiger partial charge in [0, 0.05) is 13.1 Å². The second-order valence-corrected chi connectivity index (χ2v) is 3.98. The van der Waals surface area contributed by atoms with E-state index in [0.717, 1.165) is 0 Å². The Morgan fingerprint density at radius 2 is 1.93 bits per heavy atom. The molecule has 0 aromatic carbocycles. The molecule has 0 aromatic rings. The van der Waals surface area contributed by atoms with Crippen LogP contribution in [-0.4, -0.2) is 41.0 Å². The zero-order chi connectivity index (χ0) is 12.0. The maximum Gasteiger partial charge on any atom is 0.305 e. The van der Waals surface area contributed by atoms with Crippen molar-refractivity contribution in [3.63, 3.8) is 0 Å². The average Bonchev–Trinajstić information content (AvgIpc) is 2.11. The topological polar surface area (TPSA) is 83.6 Å². The molecule has 5 nitrogen and oxygen atoms in total. The zero-order valence-corrected chi connectivity index (χ0v) is 9.56. The van der Waals surface area contributed by atoms with Gasteiger partial charge < -0.3 is 15.7 Å². The minimum atomic E-state index is -1.04. The lowest BCUT2D eigenvalue weighted by molar-refractivity contribution is -0.142. The van der Waals surface area contributed by atoms with Crippen LogP contribution in [0.5, 0.6) is 0 Å². The molecule has 1 amide bonds. The smallest absolute Gasteiger partial charge is 0.305 e. The van der Waals surface area contributed by atoms with E-state index in [-0.39, 0.29) is 12.3 Å². The first-order chi connectivity index (χ1) is 6.88. The Balaban J connectivity index is 4.30. The van der Waals surface area contributed by atoms with Gasteiger partial charge in [0.2, 0.25) is 5.91 Å². The fourth-order valence-electron chi connectivity index (χ4n) is 1.33. The van der Waals surface area contributed by atoms with Crippen LogP contribution in [0.25, 0.3) is 0 Å². The van der Waals surface area contributed by atoms with Crippen molar-refractivity contribution in [2.24, 2.45) is 11.7 Å². The summed E-state index contributed by atoms with van der Waals surface area (Å²) >= 11 is 0. The summed E-state index contributed by atoms with van der Waals surface area (Å²) in [5.41, 5.74) is 5.50. The molecule has 0 spiro atoms. The van der Waals surface area contributed by atoms with E-state index in [1.807, 2.05) is 20.8 Å². The minimum Gasteiger partial charge on any atom is -0.481 e. The lowest BCUT2D eigenvalue weighted by atomic mass is 10.1. The average molecular weight is 216 g/mol. The Morgan fingerprint density at radius 3 is 2.27 bits per heavy atom. The number of carbonyl (C=O) groups excluding carboxylic acids is 1. The van der Waals surface area contributed by atoms with Gasteiger partial charge in [-0.25, -0.2) is 0 Å². The van der Waals surface area contributed by atoms with Gasteiger partial charge in [0.15, 0.2) is 0 Å². The minimum absolute atomic E-state index is 0.284. The summed E-state index contributed by atoms with van der Waals surface area (Å²) in [6.07, 6.45) is -0.312. The number of likely N-dealkylation sites (N-methyl/N-ethyl adjacent to an activating group) is 1. The molecule has 0 aliphatic rings. The van der Waals surface area contributed by atoms with E-state index in [0.29, 0.717) is 19.0 Å². The molecule has 0 fully saturated rings. The SMILES string of the molecule is CCN(CC(C)C)C(=O)C(N)CC(=O)O. The van der Waals surface area contributed by atoms with Gasteiger partial charge in [-0.2, -0.15) is 0 Å². The number of carboxylic acid groups (broad SMARTS) is 1. The Kier molecular flexibility index (Phi) is 5.93. The van der Waals surface area contributed by atoms with Crippen LogP contribution >= 0.6 is 0 Å².